The van der Waals surface area contributed by atoms with E-state index in [1.807, 2.05) is 32.0 Å². The van der Waals surface area contributed by atoms with E-state index in [-0.39, 0.29) is 29.4 Å². The van der Waals surface area contributed by atoms with Crippen molar-refractivity contribution >= 4 is 17.4 Å². The molecule has 0 atom stereocenters. The second kappa shape index (κ2) is 9.59. The van der Waals surface area contributed by atoms with Crippen LogP contribution < -0.4 is 0 Å². The van der Waals surface area contributed by atoms with E-state index in [2.05, 4.69) is 21.8 Å². The van der Waals surface area contributed by atoms with E-state index in [0.29, 0.717) is 5.56 Å². The number of carbonyl (C=O) groups is 2. The number of hydrogen-bond acceptors (Lipinski definition) is 6. The highest BCUT2D eigenvalue weighted by Gasteiger charge is 2.23. The van der Waals surface area contributed by atoms with Gasteiger partial charge in [0, 0.05) is 23.5 Å². The first-order chi connectivity index (χ1) is 15.2. The summed E-state index contributed by atoms with van der Waals surface area (Å²) in [6.45, 7) is 6.88. The van der Waals surface area contributed by atoms with Crippen molar-refractivity contribution in [2.45, 2.75) is 47.2 Å². The van der Waals surface area contributed by atoms with Crippen LogP contribution in [0.3, 0.4) is 0 Å². The van der Waals surface area contributed by atoms with Gasteiger partial charge in [-0.15, -0.1) is 0 Å². The normalized spacial score (nSPS) is 10.9. The molecule has 0 amide bonds. The molecule has 0 fully saturated rings. The smallest absolute Gasteiger partial charge is 0.328 e. The minimum Gasteiger partial charge on any atom is -0.456 e. The predicted molar refractivity (Wildman–Crippen MR) is 118 cm³/mol. The number of benzene rings is 1. The summed E-state index contributed by atoms with van der Waals surface area (Å²) >= 11 is 0. The average Bonchev–Trinajstić information content (AvgIpc) is 3.19. The molecule has 3 rings (SSSR count). The molecule has 9 heteroatoms. The number of ketones is 1. The lowest BCUT2D eigenvalue weighted by Crippen LogP contribution is -2.20. The lowest BCUT2D eigenvalue weighted by atomic mass is 10.1. The monoisotopic (exact) mass is 438 g/mol. The van der Waals surface area contributed by atoms with Gasteiger partial charge in [-0.1, -0.05) is 30.3 Å². The zero-order valence-corrected chi connectivity index (χ0v) is 18.6. The molecular formula is C23H26N4O5. The van der Waals surface area contributed by atoms with Gasteiger partial charge in [-0.2, -0.15) is 5.10 Å². The van der Waals surface area contributed by atoms with Gasteiger partial charge in [-0.05, 0) is 45.7 Å². The lowest BCUT2D eigenvalue weighted by molar-refractivity contribution is -0.386. The van der Waals surface area contributed by atoms with Crippen LogP contribution in [0.25, 0.3) is 0 Å². The van der Waals surface area contributed by atoms with Crippen LogP contribution in [0, 0.1) is 37.8 Å². The summed E-state index contributed by atoms with van der Waals surface area (Å²) in [6.07, 6.45) is 0.842. The summed E-state index contributed by atoms with van der Waals surface area (Å²) in [5.74, 6) is -0.978. The van der Waals surface area contributed by atoms with E-state index < -0.39 is 17.5 Å². The zero-order valence-electron chi connectivity index (χ0n) is 18.6. The lowest BCUT2D eigenvalue weighted by Gasteiger charge is -2.10. The van der Waals surface area contributed by atoms with Gasteiger partial charge in [0.25, 0.3) is 0 Å². The Balaban J connectivity index is 1.61. The molecule has 2 aromatic heterocycles. The van der Waals surface area contributed by atoms with Crippen LogP contribution in [0.4, 0.5) is 5.69 Å². The zero-order chi connectivity index (χ0) is 23.4. The molecule has 32 heavy (non-hydrogen) atoms. The van der Waals surface area contributed by atoms with Crippen LogP contribution in [0.5, 0.6) is 0 Å². The van der Waals surface area contributed by atoms with Crippen LogP contribution >= 0.6 is 0 Å². The highest BCUT2D eigenvalue weighted by Crippen LogP contribution is 2.22. The average molecular weight is 438 g/mol. The first kappa shape index (κ1) is 22.9. The molecule has 3 aromatic rings. The van der Waals surface area contributed by atoms with Crippen molar-refractivity contribution in [2.75, 3.05) is 6.61 Å². The van der Waals surface area contributed by atoms with Crippen molar-refractivity contribution in [1.82, 2.24) is 14.3 Å². The van der Waals surface area contributed by atoms with E-state index in [0.717, 1.165) is 24.4 Å². The van der Waals surface area contributed by atoms with Crippen molar-refractivity contribution in [3.8, 4) is 0 Å². The molecule has 0 aliphatic heterocycles. The second-order valence-corrected chi connectivity index (χ2v) is 7.69. The molecule has 0 aliphatic carbocycles. The Morgan fingerprint density at radius 1 is 1.09 bits per heavy atom. The van der Waals surface area contributed by atoms with Crippen molar-refractivity contribution in [1.29, 1.82) is 0 Å². The molecule has 0 radical (unpaired) electrons. The second-order valence-electron chi connectivity index (χ2n) is 7.69. The maximum Gasteiger partial charge on any atom is 0.328 e. The van der Waals surface area contributed by atoms with Gasteiger partial charge in [-0.25, -0.2) is 0 Å². The first-order valence-corrected chi connectivity index (χ1v) is 10.3. The Hall–Kier alpha value is -3.75. The highest BCUT2D eigenvalue weighted by atomic mass is 16.6. The fourth-order valence-electron chi connectivity index (χ4n) is 3.81. The number of rotatable bonds is 9. The van der Waals surface area contributed by atoms with Gasteiger partial charge in [0.2, 0.25) is 5.78 Å². The fraction of sp³-hybridized carbons (Fsp3) is 0.348. The van der Waals surface area contributed by atoms with Crippen LogP contribution in [0.15, 0.2) is 36.4 Å². The van der Waals surface area contributed by atoms with Crippen LogP contribution in [-0.2, 0) is 29.0 Å². The highest BCUT2D eigenvalue weighted by molar-refractivity contribution is 5.99. The molecule has 0 unspecified atom stereocenters. The molecule has 1 aromatic carbocycles. The maximum atomic E-state index is 12.7. The standard InChI is InChI=1S/C23H26N4O5/c1-15-12-20(17(3)25(15)11-10-19-8-6-5-7-9-19)21(28)14-32-22(29)13-26-18(4)23(27(30)31)16(2)24-26/h5-9,12H,10-11,13-14H2,1-4H3. The summed E-state index contributed by atoms with van der Waals surface area (Å²) in [4.78, 5) is 35.4. The minimum absolute atomic E-state index is 0.128. The fourth-order valence-corrected chi connectivity index (χ4v) is 3.81. The number of aromatic nitrogens is 3. The van der Waals surface area contributed by atoms with Gasteiger partial charge < -0.3 is 9.30 Å². The predicted octanol–water partition coefficient (Wildman–Crippen LogP) is 3.50. The molecule has 0 N–H and O–H groups in total. The van der Waals surface area contributed by atoms with Crippen molar-refractivity contribution in [3.05, 3.63) is 80.4 Å². The summed E-state index contributed by atoms with van der Waals surface area (Å²) in [5.41, 5.74) is 3.88. The van der Waals surface area contributed by atoms with Crippen molar-refractivity contribution < 1.29 is 19.2 Å². The van der Waals surface area contributed by atoms with Gasteiger partial charge in [0.1, 0.15) is 17.9 Å². The summed E-state index contributed by atoms with van der Waals surface area (Å²) in [5, 5.41) is 15.1. The molecule has 0 bridgehead atoms. The third kappa shape index (κ3) is 4.93. The number of aryl methyl sites for hydroxylation is 3. The maximum absolute atomic E-state index is 12.7. The van der Waals surface area contributed by atoms with Crippen LogP contribution in [0.2, 0.25) is 0 Å². The number of esters is 1. The van der Waals surface area contributed by atoms with E-state index in [1.54, 1.807) is 6.07 Å². The SMILES string of the molecule is Cc1nn(CC(=O)OCC(=O)c2cc(C)n(CCc3ccccc3)c2C)c(C)c1[N+](=O)[O-]. The molecule has 0 aliphatic rings. The first-order valence-electron chi connectivity index (χ1n) is 10.3. The number of ether oxygens (including phenoxy) is 1. The third-order valence-corrected chi connectivity index (χ3v) is 5.51. The van der Waals surface area contributed by atoms with E-state index in [9.17, 15) is 19.7 Å². The largest absolute Gasteiger partial charge is 0.456 e. The molecule has 2 heterocycles. The van der Waals surface area contributed by atoms with Crippen LogP contribution in [0.1, 0.15) is 38.7 Å². The number of carbonyl (C=O) groups excluding carboxylic acids is 2. The molecule has 0 saturated heterocycles. The number of nitrogens with zero attached hydrogens (tertiary/aromatic N) is 4. The molecular weight excluding hydrogens is 412 g/mol. The van der Waals surface area contributed by atoms with E-state index in [1.165, 1.54) is 24.1 Å². The summed E-state index contributed by atoms with van der Waals surface area (Å²) in [7, 11) is 0. The molecule has 9 nitrogen and oxygen atoms in total. The Kier molecular flexibility index (Phi) is 6.87. The van der Waals surface area contributed by atoms with Crippen molar-refractivity contribution in [3.63, 3.8) is 0 Å². The molecule has 0 saturated carbocycles. The summed E-state index contributed by atoms with van der Waals surface area (Å²) < 4.78 is 8.43. The van der Waals surface area contributed by atoms with Gasteiger partial charge in [-0.3, -0.25) is 24.4 Å². The Morgan fingerprint density at radius 2 is 1.78 bits per heavy atom. The van der Waals surface area contributed by atoms with Gasteiger partial charge in [0.05, 0.1) is 4.92 Å². The third-order valence-electron chi connectivity index (χ3n) is 5.51. The van der Waals surface area contributed by atoms with Gasteiger partial charge >= 0.3 is 11.7 Å². The van der Waals surface area contributed by atoms with Gasteiger partial charge in [0.15, 0.2) is 6.61 Å². The Labute approximate surface area is 185 Å². The molecule has 168 valence electrons. The van der Waals surface area contributed by atoms with Crippen LogP contribution in [-0.4, -0.2) is 37.6 Å². The minimum atomic E-state index is -0.684. The van der Waals surface area contributed by atoms with E-state index in [4.69, 9.17) is 4.74 Å². The number of hydrogen-bond donors (Lipinski definition) is 0. The van der Waals surface area contributed by atoms with Crippen molar-refractivity contribution in [2.24, 2.45) is 0 Å². The molecule has 0 spiro atoms. The Morgan fingerprint density at radius 3 is 2.41 bits per heavy atom. The van der Waals surface area contributed by atoms with E-state index >= 15 is 0 Å². The Bertz CT molecular complexity index is 1160. The summed E-state index contributed by atoms with van der Waals surface area (Å²) in [6, 6.07) is 11.9. The number of Topliss-reactive ketones (excluding diaryl/α,β-unsaturated/α-hetero) is 1. The quantitative estimate of drug-likeness (QED) is 0.219. The topological polar surface area (TPSA) is 109 Å². The number of nitro groups is 1.